The zero-order chi connectivity index (χ0) is 38.3. The molecule has 282 valence electrons. The molecule has 13 heteroatoms. The van der Waals surface area contributed by atoms with Gasteiger partial charge in [-0.2, -0.15) is 0 Å². The first-order valence-corrected chi connectivity index (χ1v) is 19.6. The summed E-state index contributed by atoms with van der Waals surface area (Å²) in [6.07, 6.45) is 0.762. The number of aliphatic hydroxyl groups is 1. The van der Waals surface area contributed by atoms with Gasteiger partial charge in [-0.05, 0) is 75.8 Å². The van der Waals surface area contributed by atoms with Crippen LogP contribution in [0, 0.1) is 5.92 Å². The first-order chi connectivity index (χ1) is 25.1. The Morgan fingerprint density at radius 1 is 0.925 bits per heavy atom. The Labute approximate surface area is 311 Å². The molecule has 4 N–H and O–H groups in total. The first kappa shape index (κ1) is 39.5. The number of aromatic nitrogens is 2. The number of rotatable bonds is 13. The number of nitrogens with one attached hydrogen (secondary N) is 3. The van der Waals surface area contributed by atoms with Crippen molar-refractivity contribution in [1.82, 2.24) is 30.8 Å². The molecule has 12 nitrogen and oxygen atoms in total. The van der Waals surface area contributed by atoms with Crippen LogP contribution in [0.4, 0.5) is 0 Å². The number of aliphatic hydroxyl groups excluding tert-OH is 1. The molecule has 53 heavy (non-hydrogen) atoms. The second-order valence-corrected chi connectivity index (χ2v) is 17.2. The Morgan fingerprint density at radius 2 is 1.62 bits per heavy atom. The maximum atomic E-state index is 14.0. The molecule has 0 unspecified atom stereocenters. The zero-order valence-corrected chi connectivity index (χ0v) is 31.7. The van der Waals surface area contributed by atoms with Crippen molar-refractivity contribution in [2.45, 2.75) is 93.9 Å². The average Bonchev–Trinajstić information content (AvgIpc) is 3.13. The number of carbonyl (C=O) groups excluding carboxylic acids is 3. The second kappa shape index (κ2) is 17.0. The lowest BCUT2D eigenvalue weighted by molar-refractivity contribution is -0.130. The van der Waals surface area contributed by atoms with Crippen LogP contribution in [-0.2, 0) is 25.8 Å². The summed E-state index contributed by atoms with van der Waals surface area (Å²) in [7, 11) is -3.83. The van der Waals surface area contributed by atoms with E-state index < -0.39 is 56.7 Å². The molecule has 0 spiro atoms. The van der Waals surface area contributed by atoms with E-state index in [0.717, 1.165) is 10.9 Å². The molecule has 2 aromatic heterocycles. The zero-order valence-electron chi connectivity index (χ0n) is 30.9. The molecule has 0 saturated carbocycles. The summed E-state index contributed by atoms with van der Waals surface area (Å²) in [5, 5.41) is 20.7. The molecule has 1 aliphatic rings. The number of para-hydroxylation sites is 1. The molecule has 1 saturated heterocycles. The van der Waals surface area contributed by atoms with Gasteiger partial charge in [0, 0.05) is 30.2 Å². The molecule has 4 aromatic rings. The molecule has 3 amide bonds. The Kier molecular flexibility index (Phi) is 12.6. The normalized spacial score (nSPS) is 18.5. The van der Waals surface area contributed by atoms with Crippen LogP contribution in [0.1, 0.15) is 63.5 Å². The molecule has 1 fully saturated rings. The van der Waals surface area contributed by atoms with Gasteiger partial charge < -0.3 is 21.1 Å². The number of hydrogen-bond acceptors (Lipinski definition) is 9. The highest BCUT2D eigenvalue weighted by molar-refractivity contribution is 7.92. The van der Waals surface area contributed by atoms with Gasteiger partial charge >= 0.3 is 0 Å². The van der Waals surface area contributed by atoms with Crippen LogP contribution < -0.4 is 16.0 Å². The number of hydrogen-bond donors (Lipinski definition) is 4. The number of fused-ring (bicyclic) bond motifs is 1. The topological polar surface area (TPSA) is 171 Å². The minimum atomic E-state index is -3.83. The average molecular weight is 743 g/mol. The fraction of sp³-hybridized carbons (Fsp3) is 0.425. The molecule has 1 aliphatic heterocycles. The van der Waals surface area contributed by atoms with Gasteiger partial charge in [0.15, 0.2) is 14.9 Å². The molecule has 0 radical (unpaired) electrons. The minimum Gasteiger partial charge on any atom is -0.390 e. The van der Waals surface area contributed by atoms with Gasteiger partial charge in [0.05, 0.1) is 29.0 Å². The van der Waals surface area contributed by atoms with E-state index in [0.29, 0.717) is 5.52 Å². The van der Waals surface area contributed by atoms with E-state index in [9.17, 15) is 27.9 Å². The van der Waals surface area contributed by atoms with Crippen LogP contribution in [0.15, 0.2) is 96.2 Å². The highest BCUT2D eigenvalue weighted by Crippen LogP contribution is 2.28. The van der Waals surface area contributed by atoms with Crippen LogP contribution >= 0.6 is 0 Å². The van der Waals surface area contributed by atoms with Crippen molar-refractivity contribution in [3.8, 4) is 0 Å². The molecule has 0 aliphatic carbocycles. The number of nitrogens with zero attached hydrogens (tertiary/aromatic N) is 3. The molecular weight excluding hydrogens is 693 g/mol. The number of amides is 3. The SMILES string of the molecule is CC(C)[C@H](NC(=O)c1ccc2ccccc2n1)C(=O)N[C@@H](Cc1ccccc1)[C@H](O)CN1CC[C@@H](S(=O)(=O)c2ccccn2)C[C@H]1C(=O)NC(C)(C)C. The lowest BCUT2D eigenvalue weighted by Crippen LogP contribution is -2.60. The van der Waals surface area contributed by atoms with E-state index >= 15 is 0 Å². The van der Waals surface area contributed by atoms with E-state index in [1.54, 1.807) is 29.2 Å². The van der Waals surface area contributed by atoms with E-state index in [1.165, 1.54) is 12.3 Å². The van der Waals surface area contributed by atoms with E-state index in [2.05, 4.69) is 25.9 Å². The number of likely N-dealkylation sites (tertiary alicyclic amines) is 1. The molecule has 0 bridgehead atoms. The number of carbonyl (C=O) groups is 3. The van der Waals surface area contributed by atoms with Crippen LogP contribution in [0.2, 0.25) is 0 Å². The highest BCUT2D eigenvalue weighted by atomic mass is 32.2. The Morgan fingerprint density at radius 3 is 2.30 bits per heavy atom. The summed E-state index contributed by atoms with van der Waals surface area (Å²) in [5.74, 6) is -1.63. The number of β-amino-alcohol motifs (C(OH)–C–C–N with tert-alkyl or cyclic N) is 1. The lowest BCUT2D eigenvalue weighted by atomic mass is 9.95. The van der Waals surface area contributed by atoms with Gasteiger partial charge in [-0.1, -0.05) is 74.5 Å². The van der Waals surface area contributed by atoms with Crippen molar-refractivity contribution in [3.63, 3.8) is 0 Å². The van der Waals surface area contributed by atoms with Crippen molar-refractivity contribution in [3.05, 3.63) is 102 Å². The van der Waals surface area contributed by atoms with Crippen LogP contribution in [0.5, 0.6) is 0 Å². The van der Waals surface area contributed by atoms with E-state index in [1.807, 2.05) is 89.2 Å². The number of piperidine rings is 1. The molecule has 5 atom stereocenters. The quantitative estimate of drug-likeness (QED) is 0.160. The van der Waals surface area contributed by atoms with E-state index in [4.69, 9.17) is 0 Å². The minimum absolute atomic E-state index is 0.00746. The number of pyridine rings is 2. The summed E-state index contributed by atoms with van der Waals surface area (Å²) in [4.78, 5) is 51.4. The monoisotopic (exact) mass is 742 g/mol. The molecule has 3 heterocycles. The Bertz CT molecular complexity index is 1990. The molecular formula is C40H50N6O6S. The fourth-order valence-electron chi connectivity index (χ4n) is 6.63. The highest BCUT2D eigenvalue weighted by Gasteiger charge is 2.42. The van der Waals surface area contributed by atoms with Crippen LogP contribution in [0.25, 0.3) is 10.9 Å². The van der Waals surface area contributed by atoms with Gasteiger partial charge in [0.1, 0.15) is 11.7 Å². The number of benzene rings is 2. The fourth-order valence-corrected chi connectivity index (χ4v) is 8.30. The third kappa shape index (κ3) is 10.2. The maximum absolute atomic E-state index is 14.0. The summed E-state index contributed by atoms with van der Waals surface area (Å²) in [6, 6.07) is 22.4. The summed E-state index contributed by atoms with van der Waals surface area (Å²) >= 11 is 0. The van der Waals surface area contributed by atoms with E-state index in [-0.39, 0.29) is 54.9 Å². The Hall–Kier alpha value is -4.72. The van der Waals surface area contributed by atoms with Crippen molar-refractivity contribution in [1.29, 1.82) is 0 Å². The van der Waals surface area contributed by atoms with Crippen LogP contribution in [0.3, 0.4) is 0 Å². The third-order valence-electron chi connectivity index (χ3n) is 9.41. The largest absolute Gasteiger partial charge is 0.390 e. The van der Waals surface area contributed by atoms with Gasteiger partial charge in [-0.25, -0.2) is 18.4 Å². The van der Waals surface area contributed by atoms with Crippen molar-refractivity contribution < 1.29 is 27.9 Å². The smallest absolute Gasteiger partial charge is 0.270 e. The summed E-state index contributed by atoms with van der Waals surface area (Å²) < 4.78 is 27.2. The number of sulfone groups is 1. The summed E-state index contributed by atoms with van der Waals surface area (Å²) in [5.41, 5.74) is 1.11. The molecule has 5 rings (SSSR count). The Balaban J connectivity index is 1.36. The first-order valence-electron chi connectivity index (χ1n) is 18.0. The van der Waals surface area contributed by atoms with Gasteiger partial charge in [0.2, 0.25) is 11.8 Å². The van der Waals surface area contributed by atoms with Crippen molar-refractivity contribution in [2.24, 2.45) is 5.92 Å². The van der Waals surface area contributed by atoms with Gasteiger partial charge in [-0.15, -0.1) is 0 Å². The lowest BCUT2D eigenvalue weighted by Gasteiger charge is -2.41. The third-order valence-corrected chi connectivity index (χ3v) is 11.5. The standard InChI is InChI=1S/C40H50N6O6S/c1-26(2)36(44-37(48)31-19-18-28-15-9-10-16-30(28)42-31)39(50)43-32(23-27-13-7-6-8-14-27)34(47)25-46-22-20-29(24-33(46)38(49)45-40(3,4)5)53(51,52)35-17-11-12-21-41-35/h6-19,21,26,29,32-34,36,47H,20,22-25H2,1-5H3,(H,43,50)(H,44,48)(H,45,49)/t29-,32+,33+,34-,36+/m1/s1. The second-order valence-electron chi connectivity index (χ2n) is 15.1. The summed E-state index contributed by atoms with van der Waals surface area (Å²) in [6.45, 7) is 9.38. The van der Waals surface area contributed by atoms with Gasteiger partial charge in [-0.3, -0.25) is 19.3 Å². The maximum Gasteiger partial charge on any atom is 0.270 e. The van der Waals surface area contributed by atoms with Crippen LogP contribution in [-0.4, -0.2) is 94.2 Å². The van der Waals surface area contributed by atoms with Crippen molar-refractivity contribution >= 4 is 38.5 Å². The van der Waals surface area contributed by atoms with Crippen molar-refractivity contribution in [2.75, 3.05) is 13.1 Å². The van der Waals surface area contributed by atoms with Gasteiger partial charge in [0.25, 0.3) is 5.91 Å². The predicted molar refractivity (Wildman–Crippen MR) is 204 cm³/mol. The predicted octanol–water partition coefficient (Wildman–Crippen LogP) is 3.69. The molecule has 2 aromatic carbocycles.